The van der Waals surface area contributed by atoms with Gasteiger partial charge in [-0.15, -0.1) is 0 Å². The largest absolute Gasteiger partial charge is 0.348 e. The van der Waals surface area contributed by atoms with E-state index in [0.717, 1.165) is 0 Å². The van der Waals surface area contributed by atoms with Crippen LogP contribution in [0.5, 0.6) is 0 Å². The van der Waals surface area contributed by atoms with Gasteiger partial charge in [0.2, 0.25) is 10.0 Å². The highest BCUT2D eigenvalue weighted by Crippen LogP contribution is 2.26. The van der Waals surface area contributed by atoms with E-state index in [1.54, 1.807) is 32.0 Å². The summed E-state index contributed by atoms with van der Waals surface area (Å²) in [6.07, 6.45) is -0.286. The van der Waals surface area contributed by atoms with E-state index in [9.17, 15) is 8.42 Å². The third kappa shape index (κ3) is 4.02. The summed E-state index contributed by atoms with van der Waals surface area (Å²) in [7, 11) is -3.60. The summed E-state index contributed by atoms with van der Waals surface area (Å²) >= 11 is 6.51. The van der Waals surface area contributed by atoms with Gasteiger partial charge in [0.1, 0.15) is 0 Å². The summed E-state index contributed by atoms with van der Waals surface area (Å²) in [6, 6.07) is 4.98. The van der Waals surface area contributed by atoms with Gasteiger partial charge in [0, 0.05) is 15.5 Å². The number of hydrogen-bond acceptors (Lipinski definition) is 4. The highest BCUT2D eigenvalue weighted by atomic mass is 79.9. The minimum absolute atomic E-state index is 0.171. The number of ether oxygens (including phenoxy) is 2. The van der Waals surface area contributed by atoms with Crippen molar-refractivity contribution in [1.82, 2.24) is 4.72 Å². The molecule has 112 valence electrons. The maximum atomic E-state index is 12.3. The quantitative estimate of drug-likeness (QED) is 0.800. The molecular formula is C12H15Br2NO4S. The summed E-state index contributed by atoms with van der Waals surface area (Å²) in [4.78, 5) is 0.185. The van der Waals surface area contributed by atoms with Crippen LogP contribution >= 0.6 is 31.9 Å². The van der Waals surface area contributed by atoms with Gasteiger partial charge in [-0.05, 0) is 48.0 Å². The lowest BCUT2D eigenvalue weighted by atomic mass is 10.4. The minimum Gasteiger partial charge on any atom is -0.348 e. The standard InChI is InChI=1S/C12H15Br2NO4S/c1-12(2)18-7-9(19-12)6-15-20(16,17)11-5-8(13)3-4-10(11)14/h3-5,9,15H,6-7H2,1-2H3. The number of halogens is 2. The Balaban J connectivity index is 2.07. The van der Waals surface area contributed by atoms with Crippen LogP contribution in [-0.4, -0.2) is 33.5 Å². The minimum atomic E-state index is -3.60. The third-order valence-electron chi connectivity index (χ3n) is 2.75. The van der Waals surface area contributed by atoms with E-state index in [4.69, 9.17) is 9.47 Å². The Morgan fingerprint density at radius 2 is 2.10 bits per heavy atom. The van der Waals surface area contributed by atoms with E-state index >= 15 is 0 Å². The Morgan fingerprint density at radius 1 is 1.40 bits per heavy atom. The van der Waals surface area contributed by atoms with Gasteiger partial charge in [0.25, 0.3) is 0 Å². The fourth-order valence-electron chi connectivity index (χ4n) is 1.83. The number of benzene rings is 1. The highest BCUT2D eigenvalue weighted by Gasteiger charge is 2.33. The van der Waals surface area contributed by atoms with E-state index in [1.165, 1.54) is 0 Å². The van der Waals surface area contributed by atoms with Crippen molar-refractivity contribution in [3.8, 4) is 0 Å². The average molecular weight is 429 g/mol. The van der Waals surface area contributed by atoms with Crippen molar-refractivity contribution in [2.75, 3.05) is 13.2 Å². The second-order valence-electron chi connectivity index (χ2n) is 4.88. The molecular weight excluding hydrogens is 414 g/mol. The second kappa shape index (κ2) is 6.02. The molecule has 2 rings (SSSR count). The van der Waals surface area contributed by atoms with E-state index < -0.39 is 15.8 Å². The monoisotopic (exact) mass is 427 g/mol. The molecule has 1 aromatic carbocycles. The molecule has 1 heterocycles. The Kier molecular flexibility index (Phi) is 4.93. The zero-order valence-electron chi connectivity index (χ0n) is 11.0. The number of sulfonamides is 1. The maximum absolute atomic E-state index is 12.3. The Labute approximate surface area is 135 Å². The predicted molar refractivity (Wildman–Crippen MR) is 81.9 cm³/mol. The molecule has 0 radical (unpaired) electrons. The fourth-order valence-corrected chi connectivity index (χ4v) is 4.39. The lowest BCUT2D eigenvalue weighted by Crippen LogP contribution is -2.34. The zero-order chi connectivity index (χ0) is 15.0. The van der Waals surface area contributed by atoms with Crippen LogP contribution in [0.3, 0.4) is 0 Å². The van der Waals surface area contributed by atoms with Crippen molar-refractivity contribution in [3.05, 3.63) is 27.1 Å². The molecule has 1 aromatic rings. The van der Waals surface area contributed by atoms with E-state index in [1.807, 2.05) is 0 Å². The highest BCUT2D eigenvalue weighted by molar-refractivity contribution is 9.11. The molecule has 1 atom stereocenters. The number of nitrogens with one attached hydrogen (secondary N) is 1. The molecule has 1 fully saturated rings. The van der Waals surface area contributed by atoms with E-state index in [2.05, 4.69) is 36.6 Å². The lowest BCUT2D eigenvalue weighted by Gasteiger charge is -2.17. The average Bonchev–Trinajstić information content (AvgIpc) is 2.70. The SMILES string of the molecule is CC1(C)OCC(CNS(=O)(=O)c2cc(Br)ccc2Br)O1. The summed E-state index contributed by atoms with van der Waals surface area (Å²) in [6.45, 7) is 4.14. The zero-order valence-corrected chi connectivity index (χ0v) is 15.0. The van der Waals surface area contributed by atoms with Gasteiger partial charge in [0.15, 0.2) is 5.79 Å². The Hall–Kier alpha value is 0.01000. The molecule has 1 N–H and O–H groups in total. The van der Waals surface area contributed by atoms with Crippen molar-refractivity contribution in [2.45, 2.75) is 30.6 Å². The molecule has 0 aliphatic carbocycles. The predicted octanol–water partition coefficient (Wildman–Crippen LogP) is 2.64. The molecule has 0 amide bonds. The van der Waals surface area contributed by atoms with Crippen molar-refractivity contribution in [2.24, 2.45) is 0 Å². The number of rotatable bonds is 4. The van der Waals surface area contributed by atoms with Crippen molar-refractivity contribution < 1.29 is 17.9 Å². The first-order valence-corrected chi connectivity index (χ1v) is 9.03. The molecule has 20 heavy (non-hydrogen) atoms. The van der Waals surface area contributed by atoms with E-state index in [-0.39, 0.29) is 17.5 Å². The van der Waals surface area contributed by atoms with Gasteiger partial charge in [-0.3, -0.25) is 0 Å². The topological polar surface area (TPSA) is 64.6 Å². The molecule has 1 aliphatic heterocycles. The van der Waals surface area contributed by atoms with Gasteiger partial charge in [-0.2, -0.15) is 0 Å². The van der Waals surface area contributed by atoms with Gasteiger partial charge < -0.3 is 9.47 Å². The first-order chi connectivity index (χ1) is 9.20. The van der Waals surface area contributed by atoms with Crippen LogP contribution in [0.1, 0.15) is 13.8 Å². The van der Waals surface area contributed by atoms with Crippen molar-refractivity contribution in [3.63, 3.8) is 0 Å². The fraction of sp³-hybridized carbons (Fsp3) is 0.500. The molecule has 0 bridgehead atoms. The third-order valence-corrected chi connectivity index (χ3v) is 5.66. The summed E-state index contributed by atoms with van der Waals surface area (Å²) < 4.78 is 39.2. The normalized spacial score (nSPS) is 22.1. The van der Waals surface area contributed by atoms with Crippen LogP contribution in [0.2, 0.25) is 0 Å². The van der Waals surface area contributed by atoms with Gasteiger partial charge in [-0.1, -0.05) is 15.9 Å². The molecule has 0 aromatic heterocycles. The van der Waals surface area contributed by atoms with Crippen LogP contribution in [0.15, 0.2) is 32.0 Å². The molecule has 5 nitrogen and oxygen atoms in total. The van der Waals surface area contributed by atoms with Crippen LogP contribution in [0.25, 0.3) is 0 Å². The van der Waals surface area contributed by atoms with Gasteiger partial charge in [-0.25, -0.2) is 13.1 Å². The molecule has 8 heteroatoms. The molecule has 0 spiro atoms. The second-order valence-corrected chi connectivity index (χ2v) is 8.38. The number of hydrogen-bond donors (Lipinski definition) is 1. The van der Waals surface area contributed by atoms with E-state index in [0.29, 0.717) is 15.6 Å². The van der Waals surface area contributed by atoms with Crippen LogP contribution in [0, 0.1) is 0 Å². The van der Waals surface area contributed by atoms with Crippen molar-refractivity contribution in [1.29, 1.82) is 0 Å². The Bertz CT molecular complexity index is 603. The van der Waals surface area contributed by atoms with Crippen LogP contribution in [-0.2, 0) is 19.5 Å². The van der Waals surface area contributed by atoms with Crippen molar-refractivity contribution >= 4 is 41.9 Å². The Morgan fingerprint density at radius 3 is 2.70 bits per heavy atom. The summed E-state index contributed by atoms with van der Waals surface area (Å²) in [5.41, 5.74) is 0. The summed E-state index contributed by atoms with van der Waals surface area (Å²) in [5.74, 6) is -0.660. The van der Waals surface area contributed by atoms with Crippen LogP contribution < -0.4 is 4.72 Å². The summed E-state index contributed by atoms with van der Waals surface area (Å²) in [5, 5.41) is 0. The maximum Gasteiger partial charge on any atom is 0.241 e. The molecule has 1 saturated heterocycles. The molecule has 1 aliphatic rings. The first-order valence-electron chi connectivity index (χ1n) is 5.96. The molecule has 0 saturated carbocycles. The molecule has 1 unspecified atom stereocenters. The van der Waals surface area contributed by atoms with Gasteiger partial charge >= 0.3 is 0 Å². The van der Waals surface area contributed by atoms with Gasteiger partial charge in [0.05, 0.1) is 17.6 Å². The van der Waals surface area contributed by atoms with Crippen LogP contribution in [0.4, 0.5) is 0 Å². The lowest BCUT2D eigenvalue weighted by molar-refractivity contribution is -0.137. The first kappa shape index (κ1) is 16.4. The smallest absolute Gasteiger partial charge is 0.241 e.